The molecule has 0 saturated carbocycles. The highest BCUT2D eigenvalue weighted by atomic mass is 32.2. The molecule has 1 aliphatic heterocycles. The third-order valence-corrected chi connectivity index (χ3v) is 5.59. The number of amides is 1. The molecule has 0 radical (unpaired) electrons. The molecule has 7 heteroatoms. The Morgan fingerprint density at radius 3 is 2.64 bits per heavy atom. The Morgan fingerprint density at radius 1 is 1.23 bits per heavy atom. The maximum Gasteiger partial charge on any atom is 0.224 e. The van der Waals surface area contributed by atoms with Crippen LogP contribution in [0.15, 0.2) is 24.3 Å². The average molecular weight is 328 g/mol. The Morgan fingerprint density at radius 2 is 1.95 bits per heavy atom. The van der Waals surface area contributed by atoms with Crippen LogP contribution in [-0.2, 0) is 21.2 Å². The second-order valence-corrected chi connectivity index (χ2v) is 7.52. The minimum absolute atomic E-state index is 0.145. The summed E-state index contributed by atoms with van der Waals surface area (Å²) >= 11 is 0. The molecule has 1 heterocycles. The van der Waals surface area contributed by atoms with E-state index in [1.54, 1.807) is 12.1 Å². The molecule has 1 fully saturated rings. The zero-order valence-electron chi connectivity index (χ0n) is 12.4. The SMILES string of the molecule is O=C(Cc1ccc(F)cc1)NCCCN1CCCCS1(=O)=O. The molecule has 22 heavy (non-hydrogen) atoms. The van der Waals surface area contributed by atoms with E-state index in [9.17, 15) is 17.6 Å². The number of hydrogen-bond acceptors (Lipinski definition) is 3. The number of carbonyl (C=O) groups is 1. The lowest BCUT2D eigenvalue weighted by molar-refractivity contribution is -0.120. The smallest absolute Gasteiger partial charge is 0.224 e. The zero-order chi connectivity index (χ0) is 16.0. The highest BCUT2D eigenvalue weighted by molar-refractivity contribution is 7.89. The van der Waals surface area contributed by atoms with E-state index in [0.29, 0.717) is 26.1 Å². The van der Waals surface area contributed by atoms with Gasteiger partial charge in [-0.2, -0.15) is 0 Å². The molecule has 1 amide bonds. The zero-order valence-corrected chi connectivity index (χ0v) is 13.2. The molecule has 1 saturated heterocycles. The van der Waals surface area contributed by atoms with E-state index in [1.165, 1.54) is 16.4 Å². The van der Waals surface area contributed by atoms with Gasteiger partial charge in [0.1, 0.15) is 5.82 Å². The maximum absolute atomic E-state index is 12.8. The number of carbonyl (C=O) groups excluding carboxylic acids is 1. The van der Waals surface area contributed by atoms with Gasteiger partial charge in [0.25, 0.3) is 0 Å². The Balaban J connectivity index is 1.68. The first-order chi connectivity index (χ1) is 10.5. The highest BCUT2D eigenvalue weighted by Crippen LogP contribution is 2.13. The van der Waals surface area contributed by atoms with Crippen molar-refractivity contribution in [1.82, 2.24) is 9.62 Å². The first-order valence-electron chi connectivity index (χ1n) is 7.46. The van der Waals surface area contributed by atoms with Crippen molar-refractivity contribution < 1.29 is 17.6 Å². The van der Waals surface area contributed by atoms with Gasteiger partial charge in [-0.1, -0.05) is 12.1 Å². The van der Waals surface area contributed by atoms with Crippen molar-refractivity contribution >= 4 is 15.9 Å². The fourth-order valence-electron chi connectivity index (χ4n) is 2.43. The summed E-state index contributed by atoms with van der Waals surface area (Å²) in [5.41, 5.74) is 0.748. The van der Waals surface area contributed by atoms with Crippen LogP contribution in [0.2, 0.25) is 0 Å². The van der Waals surface area contributed by atoms with Crippen LogP contribution in [0.5, 0.6) is 0 Å². The third kappa shape index (κ3) is 5.06. The van der Waals surface area contributed by atoms with Crippen LogP contribution in [0, 0.1) is 5.82 Å². The van der Waals surface area contributed by atoms with Crippen molar-refractivity contribution in [2.45, 2.75) is 25.7 Å². The van der Waals surface area contributed by atoms with Gasteiger partial charge in [-0.15, -0.1) is 0 Å². The minimum Gasteiger partial charge on any atom is -0.356 e. The van der Waals surface area contributed by atoms with Crippen molar-refractivity contribution in [2.24, 2.45) is 0 Å². The van der Waals surface area contributed by atoms with E-state index in [2.05, 4.69) is 5.32 Å². The lowest BCUT2D eigenvalue weighted by Gasteiger charge is -2.26. The van der Waals surface area contributed by atoms with E-state index in [4.69, 9.17) is 0 Å². The molecule has 1 N–H and O–H groups in total. The average Bonchev–Trinajstić information content (AvgIpc) is 2.47. The monoisotopic (exact) mass is 328 g/mol. The fourth-order valence-corrected chi connectivity index (χ4v) is 4.07. The number of sulfonamides is 1. The largest absolute Gasteiger partial charge is 0.356 e. The second kappa shape index (κ2) is 7.69. The Kier molecular flexibility index (Phi) is 5.90. The normalized spacial score (nSPS) is 18.0. The molecule has 0 spiro atoms. The summed E-state index contributed by atoms with van der Waals surface area (Å²) in [6, 6.07) is 5.80. The topological polar surface area (TPSA) is 66.5 Å². The van der Waals surface area contributed by atoms with E-state index in [1.807, 2.05) is 0 Å². The number of hydrogen-bond donors (Lipinski definition) is 1. The number of halogens is 1. The molecule has 122 valence electrons. The molecule has 0 atom stereocenters. The first kappa shape index (κ1) is 16.9. The van der Waals surface area contributed by atoms with E-state index in [0.717, 1.165) is 18.4 Å². The van der Waals surface area contributed by atoms with Gasteiger partial charge in [-0.25, -0.2) is 17.1 Å². The summed E-state index contributed by atoms with van der Waals surface area (Å²) in [6.07, 6.45) is 2.42. The maximum atomic E-state index is 12.8. The summed E-state index contributed by atoms with van der Waals surface area (Å²) in [5.74, 6) is -0.246. The Labute approximate surface area is 130 Å². The van der Waals surface area contributed by atoms with Crippen molar-refractivity contribution in [3.05, 3.63) is 35.6 Å². The molecular weight excluding hydrogens is 307 g/mol. The van der Waals surface area contributed by atoms with E-state index >= 15 is 0 Å². The molecule has 0 unspecified atom stereocenters. The molecule has 0 aliphatic carbocycles. The quantitative estimate of drug-likeness (QED) is 0.801. The highest BCUT2D eigenvalue weighted by Gasteiger charge is 2.24. The van der Waals surface area contributed by atoms with Crippen molar-refractivity contribution in [3.63, 3.8) is 0 Å². The van der Waals surface area contributed by atoms with Crippen LogP contribution in [-0.4, -0.2) is 44.0 Å². The molecule has 0 aromatic heterocycles. The molecule has 1 aromatic rings. The molecule has 0 bridgehead atoms. The Bertz CT molecular complexity index is 602. The van der Waals surface area contributed by atoms with Gasteiger partial charge in [0.05, 0.1) is 12.2 Å². The van der Waals surface area contributed by atoms with Crippen LogP contribution in [0.4, 0.5) is 4.39 Å². The van der Waals surface area contributed by atoms with Crippen LogP contribution < -0.4 is 5.32 Å². The summed E-state index contributed by atoms with van der Waals surface area (Å²) in [7, 11) is -3.09. The van der Waals surface area contributed by atoms with Gasteiger partial charge >= 0.3 is 0 Å². The summed E-state index contributed by atoms with van der Waals surface area (Å²) in [4.78, 5) is 11.7. The molecular formula is C15H21FN2O3S. The number of nitrogens with one attached hydrogen (secondary N) is 1. The van der Waals surface area contributed by atoms with Gasteiger partial charge in [-0.05, 0) is 37.0 Å². The molecule has 1 aromatic carbocycles. The number of nitrogens with zero attached hydrogens (tertiary/aromatic N) is 1. The van der Waals surface area contributed by atoms with Gasteiger partial charge in [0, 0.05) is 19.6 Å². The van der Waals surface area contributed by atoms with Gasteiger partial charge < -0.3 is 5.32 Å². The van der Waals surface area contributed by atoms with E-state index in [-0.39, 0.29) is 23.9 Å². The van der Waals surface area contributed by atoms with Gasteiger partial charge in [-0.3, -0.25) is 4.79 Å². The lowest BCUT2D eigenvalue weighted by atomic mass is 10.1. The number of rotatable bonds is 6. The molecule has 5 nitrogen and oxygen atoms in total. The van der Waals surface area contributed by atoms with Gasteiger partial charge in [0.2, 0.25) is 15.9 Å². The van der Waals surface area contributed by atoms with Crippen LogP contribution >= 0.6 is 0 Å². The molecule has 2 rings (SSSR count). The Hall–Kier alpha value is -1.47. The second-order valence-electron chi connectivity index (χ2n) is 5.43. The molecule has 1 aliphatic rings. The number of benzene rings is 1. The standard InChI is InChI=1S/C15H21FN2O3S/c16-14-6-4-13(5-7-14)12-15(19)17-8-3-10-18-9-1-2-11-22(18,20)21/h4-7H,1-3,8-12H2,(H,17,19). The van der Waals surface area contributed by atoms with Crippen molar-refractivity contribution in [3.8, 4) is 0 Å². The van der Waals surface area contributed by atoms with Gasteiger partial charge in [0.15, 0.2) is 0 Å². The summed E-state index contributed by atoms with van der Waals surface area (Å²) in [6.45, 7) is 1.46. The predicted octanol–water partition coefficient (Wildman–Crippen LogP) is 1.30. The van der Waals surface area contributed by atoms with Crippen molar-refractivity contribution in [2.75, 3.05) is 25.4 Å². The van der Waals surface area contributed by atoms with Crippen LogP contribution in [0.3, 0.4) is 0 Å². The predicted molar refractivity (Wildman–Crippen MR) is 82.3 cm³/mol. The lowest BCUT2D eigenvalue weighted by Crippen LogP contribution is -2.39. The summed E-state index contributed by atoms with van der Waals surface area (Å²) < 4.78 is 37.8. The van der Waals surface area contributed by atoms with Crippen LogP contribution in [0.25, 0.3) is 0 Å². The van der Waals surface area contributed by atoms with Crippen molar-refractivity contribution in [1.29, 1.82) is 0 Å². The summed E-state index contributed by atoms with van der Waals surface area (Å²) in [5, 5.41) is 2.76. The van der Waals surface area contributed by atoms with Crippen LogP contribution in [0.1, 0.15) is 24.8 Å². The third-order valence-electron chi connectivity index (χ3n) is 3.64. The first-order valence-corrected chi connectivity index (χ1v) is 9.07. The minimum atomic E-state index is -3.09. The van der Waals surface area contributed by atoms with E-state index < -0.39 is 10.0 Å². The fraction of sp³-hybridized carbons (Fsp3) is 0.533.